The maximum absolute atomic E-state index is 14.3. The van der Waals surface area contributed by atoms with Gasteiger partial charge in [0.25, 0.3) is 0 Å². The maximum atomic E-state index is 14.3. The zero-order valence-electron chi connectivity index (χ0n) is 22.7. The van der Waals surface area contributed by atoms with E-state index in [9.17, 15) is 14.0 Å². The molecule has 0 aromatic heterocycles. The summed E-state index contributed by atoms with van der Waals surface area (Å²) < 4.78 is 36.7. The molecule has 0 aliphatic carbocycles. The number of ether oxygens (including phenoxy) is 4. The molecule has 1 N–H and O–H groups in total. The number of nitrogens with zero attached hydrogens (tertiary/aromatic N) is 1. The summed E-state index contributed by atoms with van der Waals surface area (Å²) in [4.78, 5) is 26.2. The van der Waals surface area contributed by atoms with Gasteiger partial charge in [0, 0.05) is 5.56 Å². The molecule has 36 heavy (non-hydrogen) atoms. The number of nitrogens with one attached hydrogen (secondary N) is 1. The first-order chi connectivity index (χ1) is 16.6. The van der Waals surface area contributed by atoms with Crippen molar-refractivity contribution in [2.75, 3.05) is 13.2 Å². The van der Waals surface area contributed by atoms with Gasteiger partial charge in [0.05, 0.1) is 17.7 Å². The number of imide groups is 1. The molecule has 0 spiro atoms. The number of hydrogen-bond donors (Lipinski definition) is 1. The molecule has 0 heterocycles. The van der Waals surface area contributed by atoms with Crippen LogP contribution in [0.25, 0.3) is 0 Å². The monoisotopic (exact) mass is 530 g/mol. The van der Waals surface area contributed by atoms with E-state index >= 15 is 0 Å². The topological polar surface area (TPSA) is 86.3 Å². The predicted molar refractivity (Wildman–Crippen MR) is 138 cm³/mol. The summed E-state index contributed by atoms with van der Waals surface area (Å²) in [6.45, 7) is 15.4. The Hall–Kier alpha value is -2.52. The van der Waals surface area contributed by atoms with Gasteiger partial charge in [0.2, 0.25) is 0 Å². The van der Waals surface area contributed by atoms with E-state index in [1.54, 1.807) is 54.7 Å². The van der Waals surface area contributed by atoms with Gasteiger partial charge in [0.1, 0.15) is 35.6 Å². The molecular weight excluding hydrogens is 491 g/mol. The molecule has 2 unspecified atom stereocenters. The van der Waals surface area contributed by atoms with Crippen LogP contribution in [-0.4, -0.2) is 47.7 Å². The minimum absolute atomic E-state index is 0.118. The van der Waals surface area contributed by atoms with Gasteiger partial charge >= 0.3 is 12.2 Å². The number of rotatable bonds is 10. The number of allylic oxidation sites excluding steroid dienone is 1. The number of carbonyl (C=O) groups excluding carboxylic acids is 2. The fourth-order valence-corrected chi connectivity index (χ4v) is 3.24. The molecule has 10 heteroatoms. The molecule has 2 atom stereocenters. The van der Waals surface area contributed by atoms with Crippen molar-refractivity contribution in [3.8, 4) is 5.75 Å². The molecule has 0 radical (unpaired) electrons. The lowest BCUT2D eigenvalue weighted by atomic mass is 10.1. The molecule has 0 aliphatic rings. The summed E-state index contributed by atoms with van der Waals surface area (Å²) in [5, 5.41) is 2.94. The van der Waals surface area contributed by atoms with Crippen LogP contribution in [0.2, 0.25) is 5.02 Å². The van der Waals surface area contributed by atoms with Crippen LogP contribution in [0.15, 0.2) is 24.4 Å². The first-order valence-electron chi connectivity index (χ1n) is 12.0. The first kappa shape index (κ1) is 31.5. The zero-order chi connectivity index (χ0) is 27.7. The standard InChI is InChI=1S/C26H40ClFN2O6/c1-10-11-14-29-18(3)34-17(2)21-20(13-12-19(28)22(21)27)33-16-15-30(23(31)35-25(4,5)6)24(32)36-26(7,8)9/h11-14,17-18,29H,10,15-16H2,1-9H3/b14-11-. The summed E-state index contributed by atoms with van der Waals surface area (Å²) in [7, 11) is 0. The van der Waals surface area contributed by atoms with Crippen molar-refractivity contribution in [1.82, 2.24) is 10.2 Å². The minimum atomic E-state index is -0.866. The summed E-state index contributed by atoms with van der Waals surface area (Å²) in [5.41, 5.74) is -1.33. The van der Waals surface area contributed by atoms with E-state index < -0.39 is 35.3 Å². The van der Waals surface area contributed by atoms with Crippen molar-refractivity contribution in [3.05, 3.63) is 40.8 Å². The van der Waals surface area contributed by atoms with Crippen molar-refractivity contribution in [3.63, 3.8) is 0 Å². The highest BCUT2D eigenvalue weighted by Crippen LogP contribution is 2.36. The number of amides is 2. The van der Waals surface area contributed by atoms with Crippen LogP contribution in [-0.2, 0) is 14.2 Å². The Bertz CT molecular complexity index is 883. The predicted octanol–water partition coefficient (Wildman–Crippen LogP) is 6.97. The van der Waals surface area contributed by atoms with Crippen LogP contribution < -0.4 is 10.1 Å². The molecule has 1 aromatic rings. The lowest BCUT2D eigenvalue weighted by Crippen LogP contribution is -2.45. The summed E-state index contributed by atoms with van der Waals surface area (Å²) in [6, 6.07) is 2.61. The molecule has 0 saturated carbocycles. The lowest BCUT2D eigenvalue weighted by Gasteiger charge is -2.29. The first-order valence-corrected chi connectivity index (χ1v) is 12.3. The highest BCUT2D eigenvalue weighted by atomic mass is 35.5. The van der Waals surface area contributed by atoms with E-state index in [2.05, 4.69) is 5.32 Å². The second kappa shape index (κ2) is 13.7. The number of hydrogen-bond acceptors (Lipinski definition) is 7. The van der Waals surface area contributed by atoms with E-state index in [-0.39, 0.29) is 30.2 Å². The smallest absolute Gasteiger partial charge is 0.419 e. The summed E-state index contributed by atoms with van der Waals surface area (Å²) in [6.07, 6.45) is 1.84. The third-order valence-corrected chi connectivity index (χ3v) is 4.78. The molecule has 1 rings (SSSR count). The van der Waals surface area contributed by atoms with Crippen molar-refractivity contribution in [2.45, 2.75) is 92.3 Å². The Kier molecular flexibility index (Phi) is 12.0. The third-order valence-electron chi connectivity index (χ3n) is 4.39. The Morgan fingerprint density at radius 1 is 1.08 bits per heavy atom. The van der Waals surface area contributed by atoms with Crippen molar-refractivity contribution < 1.29 is 32.9 Å². The fourth-order valence-electron chi connectivity index (χ4n) is 2.93. The molecule has 0 fully saturated rings. The van der Waals surface area contributed by atoms with E-state index in [1.807, 2.05) is 19.9 Å². The molecule has 0 saturated heterocycles. The number of benzene rings is 1. The van der Waals surface area contributed by atoms with Gasteiger partial charge in [-0.3, -0.25) is 0 Å². The average Bonchev–Trinajstić information content (AvgIpc) is 2.71. The largest absolute Gasteiger partial charge is 0.491 e. The highest BCUT2D eigenvalue weighted by molar-refractivity contribution is 6.31. The Labute approximate surface area is 219 Å². The van der Waals surface area contributed by atoms with Crippen LogP contribution in [0, 0.1) is 5.82 Å². The molecule has 2 amide bonds. The van der Waals surface area contributed by atoms with Crippen molar-refractivity contribution >= 4 is 23.8 Å². The number of halogens is 2. The van der Waals surface area contributed by atoms with E-state index in [0.717, 1.165) is 11.3 Å². The highest BCUT2D eigenvalue weighted by Gasteiger charge is 2.31. The minimum Gasteiger partial charge on any atom is -0.491 e. The van der Waals surface area contributed by atoms with Crippen LogP contribution in [0.5, 0.6) is 5.75 Å². The van der Waals surface area contributed by atoms with Crippen LogP contribution in [0.4, 0.5) is 14.0 Å². The molecule has 0 bridgehead atoms. The normalized spacial score (nSPS) is 13.8. The summed E-state index contributed by atoms with van der Waals surface area (Å²) >= 11 is 6.26. The van der Waals surface area contributed by atoms with Gasteiger partial charge in [-0.25, -0.2) is 18.9 Å². The lowest BCUT2D eigenvalue weighted by molar-refractivity contribution is -0.00705. The average molecular weight is 531 g/mol. The van der Waals surface area contributed by atoms with Gasteiger partial charge in [-0.1, -0.05) is 24.6 Å². The van der Waals surface area contributed by atoms with E-state index in [4.69, 9.17) is 30.5 Å². The Balaban J connectivity index is 3.05. The van der Waals surface area contributed by atoms with Gasteiger partial charge in [-0.2, -0.15) is 0 Å². The van der Waals surface area contributed by atoms with Crippen LogP contribution >= 0.6 is 11.6 Å². The van der Waals surface area contributed by atoms with Gasteiger partial charge in [-0.15, -0.1) is 0 Å². The van der Waals surface area contributed by atoms with Crippen LogP contribution in [0.1, 0.15) is 80.4 Å². The Morgan fingerprint density at radius 2 is 1.64 bits per heavy atom. The zero-order valence-corrected chi connectivity index (χ0v) is 23.5. The Morgan fingerprint density at radius 3 is 2.14 bits per heavy atom. The van der Waals surface area contributed by atoms with Crippen molar-refractivity contribution in [1.29, 1.82) is 0 Å². The van der Waals surface area contributed by atoms with Gasteiger partial charge < -0.3 is 24.3 Å². The SMILES string of the molecule is CC/C=C\NC(C)OC(C)c1c(OCCN(C(=O)OC(C)(C)C)C(=O)OC(C)(C)C)ccc(F)c1Cl. The quantitative estimate of drug-likeness (QED) is 0.327. The second-order valence-corrected chi connectivity index (χ2v) is 10.5. The van der Waals surface area contributed by atoms with Gasteiger partial charge in [0.15, 0.2) is 0 Å². The molecular formula is C26H40ClFN2O6. The van der Waals surface area contributed by atoms with E-state index in [0.29, 0.717) is 5.56 Å². The fraction of sp³-hybridized carbons (Fsp3) is 0.615. The van der Waals surface area contributed by atoms with Crippen LogP contribution in [0.3, 0.4) is 0 Å². The second-order valence-electron chi connectivity index (χ2n) is 10.1. The molecule has 0 aliphatic heterocycles. The number of carbonyl (C=O) groups is 2. The van der Waals surface area contributed by atoms with Gasteiger partial charge in [-0.05, 0) is 80.1 Å². The molecule has 8 nitrogen and oxygen atoms in total. The van der Waals surface area contributed by atoms with Crippen molar-refractivity contribution in [2.24, 2.45) is 0 Å². The third kappa shape index (κ3) is 11.0. The maximum Gasteiger partial charge on any atom is 0.419 e. The molecule has 204 valence electrons. The van der Waals surface area contributed by atoms with E-state index in [1.165, 1.54) is 12.1 Å². The summed E-state index contributed by atoms with van der Waals surface area (Å²) in [5.74, 6) is -0.358. The molecule has 1 aromatic carbocycles.